The number of imidazole rings is 1. The van der Waals surface area contributed by atoms with Crippen LogP contribution < -0.4 is 16.4 Å². The molecule has 1 aromatic heterocycles. The average Bonchev–Trinajstić information content (AvgIpc) is 3.36. The zero-order valence-corrected chi connectivity index (χ0v) is 17.3. The van der Waals surface area contributed by atoms with Gasteiger partial charge in [0.25, 0.3) is 0 Å². The third-order valence-corrected chi connectivity index (χ3v) is 4.91. The van der Waals surface area contributed by atoms with E-state index < -0.39 is 42.5 Å². The Balaban J connectivity index is 2.07. The lowest BCUT2D eigenvalue weighted by Crippen LogP contribution is -2.56. The molecule has 2 heterocycles. The van der Waals surface area contributed by atoms with Crippen molar-refractivity contribution in [2.45, 2.75) is 57.7 Å². The van der Waals surface area contributed by atoms with Gasteiger partial charge >= 0.3 is 5.97 Å². The van der Waals surface area contributed by atoms with E-state index in [4.69, 9.17) is 10.8 Å². The summed E-state index contributed by atoms with van der Waals surface area (Å²) in [5.74, 6) is -2.32. The summed E-state index contributed by atoms with van der Waals surface area (Å²) in [7, 11) is 0. The van der Waals surface area contributed by atoms with Crippen molar-refractivity contribution in [3.8, 4) is 0 Å². The average molecular weight is 422 g/mol. The minimum Gasteiger partial charge on any atom is -0.480 e. The highest BCUT2D eigenvalue weighted by atomic mass is 16.4. The number of aromatic amines is 1. The molecule has 0 radical (unpaired) electrons. The first-order valence-corrected chi connectivity index (χ1v) is 10.0. The molecule has 11 nitrogen and oxygen atoms in total. The molecule has 3 unspecified atom stereocenters. The smallest absolute Gasteiger partial charge is 0.322 e. The van der Waals surface area contributed by atoms with Crippen LogP contribution in [0, 0.1) is 5.92 Å². The number of carboxylic acid groups (broad SMARTS) is 1. The monoisotopic (exact) mass is 422 g/mol. The number of hydrogen-bond donors (Lipinski definition) is 5. The minimum absolute atomic E-state index is 0.102. The second kappa shape index (κ2) is 10.7. The first-order valence-electron chi connectivity index (χ1n) is 10.0. The number of aromatic nitrogens is 2. The van der Waals surface area contributed by atoms with Gasteiger partial charge in [0, 0.05) is 24.9 Å². The van der Waals surface area contributed by atoms with Crippen LogP contribution in [0.1, 0.15) is 38.8 Å². The van der Waals surface area contributed by atoms with Gasteiger partial charge in [0.2, 0.25) is 17.7 Å². The molecular weight excluding hydrogens is 392 g/mol. The number of nitrogens with zero attached hydrogens (tertiary/aromatic N) is 2. The number of nitrogens with one attached hydrogen (secondary N) is 3. The van der Waals surface area contributed by atoms with Gasteiger partial charge in [-0.1, -0.05) is 13.8 Å². The first-order chi connectivity index (χ1) is 14.2. The summed E-state index contributed by atoms with van der Waals surface area (Å²) in [6, 6.07) is -2.41. The van der Waals surface area contributed by atoms with Gasteiger partial charge in [-0.2, -0.15) is 0 Å². The molecule has 0 aliphatic carbocycles. The van der Waals surface area contributed by atoms with Crippen molar-refractivity contribution in [2.24, 2.45) is 11.7 Å². The van der Waals surface area contributed by atoms with Crippen molar-refractivity contribution in [3.05, 3.63) is 18.2 Å². The predicted octanol–water partition coefficient (Wildman–Crippen LogP) is -0.998. The van der Waals surface area contributed by atoms with Gasteiger partial charge in [-0.15, -0.1) is 0 Å². The van der Waals surface area contributed by atoms with Crippen LogP contribution in [0.2, 0.25) is 0 Å². The Morgan fingerprint density at radius 1 is 1.37 bits per heavy atom. The van der Waals surface area contributed by atoms with Crippen molar-refractivity contribution in [3.63, 3.8) is 0 Å². The highest BCUT2D eigenvalue weighted by molar-refractivity contribution is 5.94. The third kappa shape index (κ3) is 6.55. The van der Waals surface area contributed by atoms with Crippen LogP contribution in [0.5, 0.6) is 0 Å². The molecule has 2 rings (SSSR count). The maximum absolute atomic E-state index is 12.9. The Morgan fingerprint density at radius 3 is 2.70 bits per heavy atom. The molecule has 1 aliphatic rings. The highest BCUT2D eigenvalue weighted by Gasteiger charge is 2.37. The summed E-state index contributed by atoms with van der Waals surface area (Å²) >= 11 is 0. The van der Waals surface area contributed by atoms with E-state index in [1.165, 1.54) is 17.4 Å². The van der Waals surface area contributed by atoms with E-state index in [9.17, 15) is 19.2 Å². The van der Waals surface area contributed by atoms with Crippen molar-refractivity contribution in [2.75, 3.05) is 13.1 Å². The lowest BCUT2D eigenvalue weighted by molar-refractivity contribution is -0.141. The number of carboxylic acids is 1. The van der Waals surface area contributed by atoms with Crippen LogP contribution in [-0.2, 0) is 25.6 Å². The summed E-state index contributed by atoms with van der Waals surface area (Å²) < 4.78 is 0. The second-order valence-electron chi connectivity index (χ2n) is 7.88. The van der Waals surface area contributed by atoms with Gasteiger partial charge in [0.1, 0.15) is 18.6 Å². The molecule has 0 aromatic carbocycles. The fourth-order valence-electron chi connectivity index (χ4n) is 3.50. The molecule has 30 heavy (non-hydrogen) atoms. The third-order valence-electron chi connectivity index (χ3n) is 4.91. The van der Waals surface area contributed by atoms with Crippen LogP contribution >= 0.6 is 0 Å². The molecule has 3 amide bonds. The van der Waals surface area contributed by atoms with Gasteiger partial charge in [-0.05, 0) is 25.2 Å². The number of nitrogens with two attached hydrogens (primary N) is 1. The molecule has 1 aliphatic heterocycles. The van der Waals surface area contributed by atoms with E-state index in [2.05, 4.69) is 20.6 Å². The largest absolute Gasteiger partial charge is 0.480 e. The van der Waals surface area contributed by atoms with E-state index >= 15 is 0 Å². The van der Waals surface area contributed by atoms with E-state index in [0.29, 0.717) is 31.5 Å². The summed E-state index contributed by atoms with van der Waals surface area (Å²) in [5, 5.41) is 13.7. The Labute approximate surface area is 174 Å². The predicted molar refractivity (Wildman–Crippen MR) is 107 cm³/mol. The topological polar surface area (TPSA) is 171 Å². The number of likely N-dealkylation sites (tertiary alicyclic amines) is 1. The number of rotatable bonds is 10. The summed E-state index contributed by atoms with van der Waals surface area (Å²) in [4.78, 5) is 57.0. The fourth-order valence-corrected chi connectivity index (χ4v) is 3.50. The molecule has 1 saturated heterocycles. The molecule has 11 heteroatoms. The summed E-state index contributed by atoms with van der Waals surface area (Å²) in [6.45, 7) is 3.81. The zero-order chi connectivity index (χ0) is 22.3. The molecule has 3 atom stereocenters. The number of carbonyl (C=O) groups excluding carboxylic acids is 3. The van der Waals surface area contributed by atoms with Crippen LogP contribution in [0.4, 0.5) is 0 Å². The number of amides is 3. The normalized spacial score (nSPS) is 18.1. The molecule has 6 N–H and O–H groups in total. The summed E-state index contributed by atoms with van der Waals surface area (Å²) in [5.41, 5.74) is 6.62. The maximum Gasteiger partial charge on any atom is 0.322 e. The van der Waals surface area contributed by atoms with Crippen molar-refractivity contribution in [1.82, 2.24) is 25.5 Å². The lowest BCUT2D eigenvalue weighted by Gasteiger charge is -2.28. The molecule has 0 spiro atoms. The number of H-pyrrole nitrogens is 1. The molecule has 1 fully saturated rings. The highest BCUT2D eigenvalue weighted by Crippen LogP contribution is 2.20. The van der Waals surface area contributed by atoms with Gasteiger partial charge in [-0.3, -0.25) is 19.2 Å². The Morgan fingerprint density at radius 2 is 2.10 bits per heavy atom. The van der Waals surface area contributed by atoms with E-state index in [1.54, 1.807) is 0 Å². The molecule has 0 saturated carbocycles. The Bertz CT molecular complexity index is 751. The Hall–Kier alpha value is -2.95. The van der Waals surface area contributed by atoms with Crippen LogP contribution in [0.3, 0.4) is 0 Å². The van der Waals surface area contributed by atoms with E-state index in [-0.39, 0.29) is 18.2 Å². The van der Waals surface area contributed by atoms with Crippen LogP contribution in [-0.4, -0.2) is 74.9 Å². The van der Waals surface area contributed by atoms with E-state index in [1.807, 2.05) is 13.8 Å². The standard InChI is InChI=1S/C19H30N6O5/c1-11(2)6-13(20)19(30)25-5-3-4-15(25)18(29)24-14(7-12-8-21-10-23-12)17(28)22-9-16(26)27/h8,10-11,13-15H,3-7,9,20H2,1-2H3,(H,21,23)(H,22,28)(H,24,29)(H,26,27). The molecule has 0 bridgehead atoms. The Kier molecular flexibility index (Phi) is 8.34. The molecule has 1 aromatic rings. The van der Waals surface area contributed by atoms with Crippen LogP contribution in [0.25, 0.3) is 0 Å². The van der Waals surface area contributed by atoms with Gasteiger partial charge in [0.15, 0.2) is 0 Å². The number of hydrogen-bond acceptors (Lipinski definition) is 6. The van der Waals surface area contributed by atoms with Crippen molar-refractivity contribution in [1.29, 1.82) is 0 Å². The minimum atomic E-state index is -1.19. The van der Waals surface area contributed by atoms with Crippen molar-refractivity contribution >= 4 is 23.7 Å². The van der Waals surface area contributed by atoms with Gasteiger partial charge < -0.3 is 31.4 Å². The lowest BCUT2D eigenvalue weighted by atomic mass is 10.0. The number of carbonyl (C=O) groups is 4. The fraction of sp³-hybridized carbons (Fsp3) is 0.632. The summed E-state index contributed by atoms with van der Waals surface area (Å²) in [6.07, 6.45) is 4.71. The van der Waals surface area contributed by atoms with E-state index in [0.717, 1.165) is 0 Å². The quantitative estimate of drug-likeness (QED) is 0.322. The molecular formula is C19H30N6O5. The second-order valence-corrected chi connectivity index (χ2v) is 7.88. The van der Waals surface area contributed by atoms with Gasteiger partial charge in [0.05, 0.1) is 12.4 Å². The number of aliphatic carboxylic acids is 1. The van der Waals surface area contributed by atoms with Gasteiger partial charge in [-0.25, -0.2) is 4.98 Å². The first kappa shape index (κ1) is 23.3. The SMILES string of the molecule is CC(C)CC(N)C(=O)N1CCCC1C(=O)NC(Cc1cnc[nH]1)C(=O)NCC(=O)O. The maximum atomic E-state index is 12.9. The van der Waals surface area contributed by atoms with Crippen molar-refractivity contribution < 1.29 is 24.3 Å². The van der Waals surface area contributed by atoms with Crippen LogP contribution in [0.15, 0.2) is 12.5 Å². The molecule has 166 valence electrons. The zero-order valence-electron chi connectivity index (χ0n) is 17.3.